The van der Waals surface area contributed by atoms with Crippen molar-refractivity contribution in [3.8, 4) is 0 Å². The van der Waals surface area contributed by atoms with Gasteiger partial charge in [-0.05, 0) is 12.1 Å². The highest BCUT2D eigenvalue weighted by Gasteiger charge is 1.96. The number of rotatable bonds is 1. The smallest absolute Gasteiger partial charge is 0.149 e. The van der Waals surface area contributed by atoms with E-state index in [1.807, 2.05) is 0 Å². The molecule has 3 heteroatoms. The first-order valence-corrected chi connectivity index (χ1v) is 2.75. The van der Waals surface area contributed by atoms with Crippen molar-refractivity contribution in [1.29, 1.82) is 0 Å². The van der Waals surface area contributed by atoms with Crippen LogP contribution < -0.4 is 4.84 Å². The van der Waals surface area contributed by atoms with Crippen LogP contribution in [0, 0.1) is 5.82 Å². The van der Waals surface area contributed by atoms with E-state index in [0.29, 0.717) is 0 Å². The summed E-state index contributed by atoms with van der Waals surface area (Å²) in [5.74, 6) is -0.396. The second kappa shape index (κ2) is 2.69. The minimum absolute atomic E-state index is 0.180. The zero-order valence-corrected chi connectivity index (χ0v) is 5.27. The Morgan fingerprint density at radius 3 is 2.44 bits per heavy atom. The van der Waals surface area contributed by atoms with Gasteiger partial charge < -0.3 is 0 Å². The second-order valence-corrected chi connectivity index (χ2v) is 1.70. The molecule has 47 valence electrons. The van der Waals surface area contributed by atoms with Crippen LogP contribution in [0.25, 0.3) is 0 Å². The fraction of sp³-hybridized carbons (Fsp3) is 0. The molecular weight excluding hydrogens is 141 g/mol. The first-order chi connectivity index (χ1) is 4.34. The molecule has 0 atom stereocenters. The first-order valence-electron chi connectivity index (χ1n) is 2.41. The third-order valence-corrected chi connectivity index (χ3v) is 1.13. The van der Waals surface area contributed by atoms with E-state index in [1.165, 1.54) is 12.1 Å². The second-order valence-electron chi connectivity index (χ2n) is 1.54. The molecule has 0 saturated carbocycles. The fourth-order valence-electron chi connectivity index (χ4n) is 0.520. The molecule has 1 aromatic rings. The van der Waals surface area contributed by atoms with Crippen LogP contribution in [-0.4, -0.2) is 0 Å². The first kappa shape index (κ1) is 6.36. The van der Waals surface area contributed by atoms with E-state index in [-0.39, 0.29) is 5.69 Å². The molecule has 0 saturated heterocycles. The van der Waals surface area contributed by atoms with Gasteiger partial charge in [-0.1, -0.05) is 12.1 Å². The van der Waals surface area contributed by atoms with E-state index in [1.54, 1.807) is 12.1 Å². The maximum Gasteiger partial charge on any atom is 0.149 e. The molecule has 0 spiro atoms. The van der Waals surface area contributed by atoms with Gasteiger partial charge in [0.25, 0.3) is 0 Å². The summed E-state index contributed by atoms with van der Waals surface area (Å²) < 4.78 is 12.4. The van der Waals surface area contributed by atoms with E-state index in [0.717, 1.165) is 0 Å². The molecule has 1 aromatic carbocycles. The van der Waals surface area contributed by atoms with Gasteiger partial charge in [0.15, 0.2) is 0 Å². The highest BCUT2D eigenvalue weighted by atomic mass is 35.5. The minimum atomic E-state index is -0.396. The van der Waals surface area contributed by atoms with E-state index in [9.17, 15) is 4.39 Å². The van der Waals surface area contributed by atoms with E-state index >= 15 is 0 Å². The molecule has 0 bridgehead atoms. The Kier molecular flexibility index (Phi) is 1.90. The van der Waals surface area contributed by atoms with Crippen LogP contribution in [0.1, 0.15) is 0 Å². The largest absolute Gasteiger partial charge is 0.205 e. The monoisotopic (exact) mass is 144 g/mol. The average Bonchev–Trinajstić information content (AvgIpc) is 1.89. The van der Waals surface area contributed by atoms with Crippen molar-refractivity contribution in [1.82, 2.24) is 4.84 Å². The Balaban J connectivity index is 3.01. The standard InChI is InChI=1S/C6H4ClFN/c7-9-6-4-2-1-3-5(6)8/h1-4H. The predicted octanol–water partition coefficient (Wildman–Crippen LogP) is 2.22. The van der Waals surface area contributed by atoms with Crippen LogP contribution in [0.15, 0.2) is 24.3 Å². The van der Waals surface area contributed by atoms with Crippen LogP contribution in [0.4, 0.5) is 10.1 Å². The van der Waals surface area contributed by atoms with Crippen molar-refractivity contribution in [2.24, 2.45) is 0 Å². The normalized spacial score (nSPS) is 9.11. The van der Waals surface area contributed by atoms with Crippen molar-refractivity contribution >= 4 is 17.5 Å². The van der Waals surface area contributed by atoms with Gasteiger partial charge in [0.1, 0.15) is 11.5 Å². The Labute approximate surface area is 57.6 Å². The van der Waals surface area contributed by atoms with Crippen LogP contribution in [0.2, 0.25) is 0 Å². The molecule has 0 aliphatic carbocycles. The lowest BCUT2D eigenvalue weighted by atomic mass is 10.3. The van der Waals surface area contributed by atoms with Gasteiger partial charge in [-0.2, -0.15) is 4.84 Å². The summed E-state index contributed by atoms with van der Waals surface area (Å²) in [6.45, 7) is 0. The predicted molar refractivity (Wildman–Crippen MR) is 34.0 cm³/mol. The van der Waals surface area contributed by atoms with Gasteiger partial charge in [-0.15, -0.1) is 0 Å². The summed E-state index contributed by atoms with van der Waals surface area (Å²) >= 11 is 5.02. The van der Waals surface area contributed by atoms with Crippen molar-refractivity contribution in [2.45, 2.75) is 0 Å². The number of hydrogen-bond acceptors (Lipinski definition) is 0. The quantitative estimate of drug-likeness (QED) is 0.574. The van der Waals surface area contributed by atoms with E-state index < -0.39 is 5.82 Å². The van der Waals surface area contributed by atoms with Gasteiger partial charge in [0.05, 0.1) is 0 Å². The number of halogens is 2. The zero-order valence-electron chi connectivity index (χ0n) is 4.51. The Bertz CT molecular complexity index is 202. The zero-order chi connectivity index (χ0) is 6.69. The molecule has 0 unspecified atom stereocenters. The molecule has 9 heavy (non-hydrogen) atoms. The average molecular weight is 145 g/mol. The molecule has 0 aliphatic heterocycles. The number of benzene rings is 1. The topological polar surface area (TPSA) is 14.1 Å². The van der Waals surface area contributed by atoms with Gasteiger partial charge in [0.2, 0.25) is 0 Å². The molecule has 0 aliphatic rings. The van der Waals surface area contributed by atoms with Crippen molar-refractivity contribution in [3.05, 3.63) is 30.1 Å². The summed E-state index contributed by atoms with van der Waals surface area (Å²) in [5, 5.41) is 0. The summed E-state index contributed by atoms with van der Waals surface area (Å²) in [4.78, 5) is 3.17. The van der Waals surface area contributed by atoms with E-state index in [2.05, 4.69) is 4.84 Å². The molecule has 1 rings (SSSR count). The third kappa shape index (κ3) is 1.33. The van der Waals surface area contributed by atoms with Crippen LogP contribution in [0.5, 0.6) is 0 Å². The summed E-state index contributed by atoms with van der Waals surface area (Å²) in [7, 11) is 0. The van der Waals surface area contributed by atoms with Crippen LogP contribution >= 0.6 is 11.8 Å². The van der Waals surface area contributed by atoms with Crippen molar-refractivity contribution in [2.75, 3.05) is 0 Å². The van der Waals surface area contributed by atoms with Crippen molar-refractivity contribution < 1.29 is 4.39 Å². The summed E-state index contributed by atoms with van der Waals surface area (Å²) in [6.07, 6.45) is 0. The van der Waals surface area contributed by atoms with Crippen LogP contribution in [-0.2, 0) is 0 Å². The van der Waals surface area contributed by atoms with Gasteiger partial charge in [0, 0.05) is 11.8 Å². The fourth-order valence-corrected chi connectivity index (χ4v) is 0.657. The lowest BCUT2D eigenvalue weighted by molar-refractivity contribution is 0.627. The molecule has 0 amide bonds. The molecule has 0 N–H and O–H groups in total. The lowest BCUT2D eigenvalue weighted by Crippen LogP contribution is -1.82. The molecule has 1 nitrogen and oxygen atoms in total. The molecule has 0 aromatic heterocycles. The van der Waals surface area contributed by atoms with Gasteiger partial charge in [-0.3, -0.25) is 0 Å². The van der Waals surface area contributed by atoms with Gasteiger partial charge >= 0.3 is 0 Å². The molecule has 1 radical (unpaired) electrons. The lowest BCUT2D eigenvalue weighted by Gasteiger charge is -1.92. The molecule has 0 heterocycles. The highest BCUT2D eigenvalue weighted by molar-refractivity contribution is 6.15. The maximum atomic E-state index is 12.4. The summed E-state index contributed by atoms with van der Waals surface area (Å²) in [5.41, 5.74) is 0.180. The van der Waals surface area contributed by atoms with Gasteiger partial charge in [-0.25, -0.2) is 4.39 Å². The molecule has 0 fully saturated rings. The summed E-state index contributed by atoms with van der Waals surface area (Å²) in [6, 6.07) is 6.06. The SMILES string of the molecule is Fc1ccccc1[N]Cl. The Morgan fingerprint density at radius 1 is 1.33 bits per heavy atom. The van der Waals surface area contributed by atoms with Crippen LogP contribution in [0.3, 0.4) is 0 Å². The Morgan fingerprint density at radius 2 is 2.00 bits per heavy atom. The molecular formula is C6H4ClFN. The highest BCUT2D eigenvalue weighted by Crippen LogP contribution is 2.12. The third-order valence-electron chi connectivity index (χ3n) is 0.944. The van der Waals surface area contributed by atoms with E-state index in [4.69, 9.17) is 11.8 Å². The minimum Gasteiger partial charge on any atom is -0.205 e. The Hall–Kier alpha value is -0.760. The van der Waals surface area contributed by atoms with Crippen molar-refractivity contribution in [3.63, 3.8) is 0 Å². The number of nitrogens with zero attached hydrogens (tertiary/aromatic N) is 1. The number of hydrogen-bond donors (Lipinski definition) is 0. The maximum absolute atomic E-state index is 12.4.